The standard InChI is InChI=1S/C17H21N3O5/c1-11-15(21)19-17(25-11)5-7-20(8-6-17)16(22)18-9-12-3-2-4-13-14(12)24-10-23-13/h2-4,11H,5-10H2,1H3,(H,18,22)(H,19,21). The van der Waals surface area contributed by atoms with Crippen molar-refractivity contribution in [2.45, 2.75) is 38.1 Å². The fourth-order valence-electron chi connectivity index (χ4n) is 3.47. The Hall–Kier alpha value is -2.48. The predicted octanol–water partition coefficient (Wildman–Crippen LogP) is 0.952. The Balaban J connectivity index is 1.32. The minimum Gasteiger partial charge on any atom is -0.454 e. The highest BCUT2D eigenvalue weighted by molar-refractivity contribution is 5.83. The molecule has 1 unspecified atom stereocenters. The third-order valence-electron chi connectivity index (χ3n) is 4.89. The van der Waals surface area contributed by atoms with Crippen LogP contribution in [0.1, 0.15) is 25.3 Å². The van der Waals surface area contributed by atoms with Crippen molar-refractivity contribution in [2.75, 3.05) is 19.9 Å². The molecule has 2 saturated heterocycles. The van der Waals surface area contributed by atoms with Crippen LogP contribution >= 0.6 is 0 Å². The van der Waals surface area contributed by atoms with Crippen LogP contribution in [0.25, 0.3) is 0 Å². The summed E-state index contributed by atoms with van der Waals surface area (Å²) in [7, 11) is 0. The molecule has 25 heavy (non-hydrogen) atoms. The number of para-hydroxylation sites is 1. The van der Waals surface area contributed by atoms with Gasteiger partial charge in [0.15, 0.2) is 11.5 Å². The van der Waals surface area contributed by atoms with E-state index in [1.54, 1.807) is 11.8 Å². The number of ether oxygens (including phenoxy) is 3. The summed E-state index contributed by atoms with van der Waals surface area (Å²) in [6.45, 7) is 3.39. The van der Waals surface area contributed by atoms with Crippen LogP contribution in [0, 0.1) is 0 Å². The van der Waals surface area contributed by atoms with Crippen molar-refractivity contribution in [3.63, 3.8) is 0 Å². The van der Waals surface area contributed by atoms with E-state index in [4.69, 9.17) is 14.2 Å². The Morgan fingerprint density at radius 3 is 2.88 bits per heavy atom. The number of nitrogens with zero attached hydrogens (tertiary/aromatic N) is 1. The molecular weight excluding hydrogens is 326 g/mol. The summed E-state index contributed by atoms with van der Waals surface area (Å²) in [6, 6.07) is 5.49. The smallest absolute Gasteiger partial charge is 0.317 e. The Labute approximate surface area is 145 Å². The number of nitrogens with one attached hydrogen (secondary N) is 2. The highest BCUT2D eigenvalue weighted by Crippen LogP contribution is 2.35. The average Bonchev–Trinajstić information content (AvgIpc) is 3.18. The molecular formula is C17H21N3O5. The summed E-state index contributed by atoms with van der Waals surface area (Å²) in [6.07, 6.45) is 0.755. The molecule has 2 N–H and O–H groups in total. The second kappa shape index (κ2) is 6.11. The number of amides is 3. The monoisotopic (exact) mass is 347 g/mol. The average molecular weight is 347 g/mol. The molecule has 0 saturated carbocycles. The molecule has 3 aliphatic rings. The normalized spacial score (nSPS) is 23.6. The van der Waals surface area contributed by atoms with Gasteiger partial charge in [0.1, 0.15) is 11.8 Å². The molecule has 4 rings (SSSR count). The Morgan fingerprint density at radius 1 is 1.36 bits per heavy atom. The number of urea groups is 1. The number of piperidine rings is 1. The third kappa shape index (κ3) is 2.97. The molecule has 8 heteroatoms. The number of likely N-dealkylation sites (tertiary alicyclic amines) is 1. The summed E-state index contributed by atoms with van der Waals surface area (Å²) in [5.74, 6) is 1.31. The number of benzene rings is 1. The topological polar surface area (TPSA) is 89.1 Å². The van der Waals surface area contributed by atoms with Crippen molar-refractivity contribution >= 4 is 11.9 Å². The van der Waals surface area contributed by atoms with Gasteiger partial charge in [0.05, 0.1) is 0 Å². The fourth-order valence-corrected chi connectivity index (χ4v) is 3.47. The first-order valence-corrected chi connectivity index (χ1v) is 8.46. The number of rotatable bonds is 2. The van der Waals surface area contributed by atoms with Crippen LogP contribution < -0.4 is 20.1 Å². The molecule has 3 amide bonds. The minimum absolute atomic E-state index is 0.0851. The largest absolute Gasteiger partial charge is 0.454 e. The molecule has 2 fully saturated rings. The van der Waals surface area contributed by atoms with E-state index in [2.05, 4.69) is 10.6 Å². The molecule has 0 radical (unpaired) electrons. The molecule has 0 bridgehead atoms. The van der Waals surface area contributed by atoms with Gasteiger partial charge < -0.3 is 29.7 Å². The molecule has 1 aromatic rings. The summed E-state index contributed by atoms with van der Waals surface area (Å²) in [4.78, 5) is 25.8. The lowest BCUT2D eigenvalue weighted by atomic mass is 10.0. The van der Waals surface area contributed by atoms with Gasteiger partial charge in [-0.2, -0.15) is 0 Å². The number of carbonyl (C=O) groups excluding carboxylic acids is 2. The zero-order chi connectivity index (χ0) is 17.4. The summed E-state index contributed by atoms with van der Waals surface area (Å²) >= 11 is 0. The van der Waals surface area contributed by atoms with Crippen LogP contribution in [0.15, 0.2) is 18.2 Å². The molecule has 0 aromatic heterocycles. The maximum Gasteiger partial charge on any atom is 0.317 e. The molecule has 3 aliphatic heterocycles. The highest BCUT2D eigenvalue weighted by atomic mass is 16.7. The molecule has 1 aromatic carbocycles. The van der Waals surface area contributed by atoms with Gasteiger partial charge in [-0.05, 0) is 13.0 Å². The second-order valence-electron chi connectivity index (χ2n) is 6.54. The van der Waals surface area contributed by atoms with Crippen LogP contribution in [0.3, 0.4) is 0 Å². The molecule has 3 heterocycles. The predicted molar refractivity (Wildman–Crippen MR) is 87.0 cm³/mol. The van der Waals surface area contributed by atoms with Crippen LogP contribution in [0.4, 0.5) is 4.79 Å². The van der Waals surface area contributed by atoms with Crippen molar-refractivity contribution in [1.29, 1.82) is 0 Å². The number of carbonyl (C=O) groups is 2. The number of hydrogen-bond donors (Lipinski definition) is 2. The van der Waals surface area contributed by atoms with E-state index >= 15 is 0 Å². The van der Waals surface area contributed by atoms with Crippen molar-refractivity contribution in [2.24, 2.45) is 0 Å². The van der Waals surface area contributed by atoms with E-state index in [9.17, 15) is 9.59 Å². The molecule has 8 nitrogen and oxygen atoms in total. The van der Waals surface area contributed by atoms with Crippen LogP contribution in [-0.4, -0.2) is 48.5 Å². The van der Waals surface area contributed by atoms with Gasteiger partial charge in [-0.1, -0.05) is 12.1 Å². The third-order valence-corrected chi connectivity index (χ3v) is 4.89. The van der Waals surface area contributed by atoms with Crippen molar-refractivity contribution < 1.29 is 23.8 Å². The Morgan fingerprint density at radius 2 is 2.16 bits per heavy atom. The van der Waals surface area contributed by atoms with Crippen LogP contribution in [0.2, 0.25) is 0 Å². The molecule has 0 aliphatic carbocycles. The first kappa shape index (κ1) is 16.0. The van der Waals surface area contributed by atoms with Gasteiger partial charge in [-0.25, -0.2) is 4.79 Å². The Kier molecular flexibility index (Phi) is 3.91. The van der Waals surface area contributed by atoms with Crippen LogP contribution in [-0.2, 0) is 16.1 Å². The minimum atomic E-state index is -0.612. The second-order valence-corrected chi connectivity index (χ2v) is 6.54. The molecule has 1 spiro atoms. The Bertz CT molecular complexity index is 700. The van der Waals surface area contributed by atoms with Gasteiger partial charge in [0, 0.05) is 38.0 Å². The van der Waals surface area contributed by atoms with Crippen molar-refractivity contribution in [3.05, 3.63) is 23.8 Å². The fraction of sp³-hybridized carbons (Fsp3) is 0.529. The van der Waals surface area contributed by atoms with E-state index in [1.807, 2.05) is 18.2 Å². The highest BCUT2D eigenvalue weighted by Gasteiger charge is 2.45. The van der Waals surface area contributed by atoms with Gasteiger partial charge in [-0.3, -0.25) is 4.79 Å². The van der Waals surface area contributed by atoms with Crippen molar-refractivity contribution in [1.82, 2.24) is 15.5 Å². The maximum absolute atomic E-state index is 12.4. The first-order valence-electron chi connectivity index (χ1n) is 8.46. The van der Waals surface area contributed by atoms with Crippen molar-refractivity contribution in [3.8, 4) is 11.5 Å². The van der Waals surface area contributed by atoms with E-state index in [0.29, 0.717) is 44.0 Å². The van der Waals surface area contributed by atoms with Gasteiger partial charge in [0.2, 0.25) is 6.79 Å². The van der Waals surface area contributed by atoms with E-state index in [0.717, 1.165) is 5.56 Å². The maximum atomic E-state index is 12.4. The zero-order valence-corrected chi connectivity index (χ0v) is 14.0. The van der Waals surface area contributed by atoms with E-state index in [1.165, 1.54) is 0 Å². The zero-order valence-electron chi connectivity index (χ0n) is 14.0. The molecule has 134 valence electrons. The van der Waals surface area contributed by atoms with E-state index < -0.39 is 11.8 Å². The summed E-state index contributed by atoms with van der Waals surface area (Å²) < 4.78 is 16.5. The summed E-state index contributed by atoms with van der Waals surface area (Å²) in [5, 5.41) is 5.83. The number of hydrogen-bond acceptors (Lipinski definition) is 5. The quantitative estimate of drug-likeness (QED) is 0.832. The lowest BCUT2D eigenvalue weighted by Gasteiger charge is -2.38. The van der Waals surface area contributed by atoms with E-state index in [-0.39, 0.29) is 18.7 Å². The molecule has 1 atom stereocenters. The first-order chi connectivity index (χ1) is 12.1. The lowest BCUT2D eigenvalue weighted by molar-refractivity contribution is -0.123. The van der Waals surface area contributed by atoms with Gasteiger partial charge in [0.25, 0.3) is 5.91 Å². The summed E-state index contributed by atoms with van der Waals surface area (Å²) in [5.41, 5.74) is 0.274. The van der Waals surface area contributed by atoms with Gasteiger partial charge >= 0.3 is 6.03 Å². The number of fused-ring (bicyclic) bond motifs is 1. The SMILES string of the molecule is CC1OC2(CCN(C(=O)NCc3cccc4c3OCO4)CC2)NC1=O. The van der Waals surface area contributed by atoms with Gasteiger partial charge in [-0.15, -0.1) is 0 Å². The van der Waals surface area contributed by atoms with Crippen LogP contribution in [0.5, 0.6) is 11.5 Å². The lowest BCUT2D eigenvalue weighted by Crippen LogP contribution is -2.54.